The first-order chi connectivity index (χ1) is 9.45. The van der Waals surface area contributed by atoms with E-state index in [0.717, 1.165) is 18.8 Å². The van der Waals surface area contributed by atoms with Gasteiger partial charge in [-0.05, 0) is 39.0 Å². The Balaban J connectivity index is 1.98. The highest BCUT2D eigenvalue weighted by Gasteiger charge is 2.29. The van der Waals surface area contributed by atoms with Gasteiger partial charge in [0.2, 0.25) is 5.91 Å². The van der Waals surface area contributed by atoms with E-state index in [1.165, 1.54) is 0 Å². The molecule has 0 saturated carbocycles. The van der Waals surface area contributed by atoms with Crippen LogP contribution in [0.2, 0.25) is 5.02 Å². The first-order valence-electron chi connectivity index (χ1n) is 6.91. The molecule has 5 heteroatoms. The number of hydrogen-bond donors (Lipinski definition) is 1. The molecule has 0 spiro atoms. The highest BCUT2D eigenvalue weighted by Crippen LogP contribution is 2.17. The molecule has 110 valence electrons. The van der Waals surface area contributed by atoms with Crippen LogP contribution in [0.25, 0.3) is 0 Å². The van der Waals surface area contributed by atoms with Gasteiger partial charge in [0.25, 0.3) is 0 Å². The average Bonchev–Trinajstić information content (AvgIpc) is 2.36. The lowest BCUT2D eigenvalue weighted by atomic mass is 10.1. The molecule has 0 bridgehead atoms. The van der Waals surface area contributed by atoms with Crippen LogP contribution < -0.4 is 5.32 Å². The van der Waals surface area contributed by atoms with Crippen molar-refractivity contribution in [3.63, 3.8) is 0 Å². The maximum absolute atomic E-state index is 12.3. The van der Waals surface area contributed by atoms with Crippen LogP contribution in [0.1, 0.15) is 20.8 Å². The van der Waals surface area contributed by atoms with E-state index in [-0.39, 0.29) is 24.2 Å². The summed E-state index contributed by atoms with van der Waals surface area (Å²) >= 11 is 5.92. The highest BCUT2D eigenvalue weighted by molar-refractivity contribution is 6.30. The molecule has 20 heavy (non-hydrogen) atoms. The summed E-state index contributed by atoms with van der Waals surface area (Å²) < 4.78 is 5.69. The van der Waals surface area contributed by atoms with Gasteiger partial charge in [-0.3, -0.25) is 9.69 Å². The topological polar surface area (TPSA) is 41.6 Å². The van der Waals surface area contributed by atoms with E-state index in [4.69, 9.17) is 16.3 Å². The summed E-state index contributed by atoms with van der Waals surface area (Å²) in [5.74, 6) is -0.0198. The van der Waals surface area contributed by atoms with Crippen molar-refractivity contribution >= 4 is 23.2 Å². The second-order valence-corrected chi connectivity index (χ2v) is 5.82. The van der Waals surface area contributed by atoms with Gasteiger partial charge in [-0.25, -0.2) is 0 Å². The van der Waals surface area contributed by atoms with E-state index in [9.17, 15) is 4.79 Å². The number of rotatable bonds is 3. The van der Waals surface area contributed by atoms with E-state index in [0.29, 0.717) is 5.02 Å². The zero-order chi connectivity index (χ0) is 14.7. The highest BCUT2D eigenvalue weighted by atomic mass is 35.5. The minimum Gasteiger partial charge on any atom is -0.373 e. The molecule has 1 aliphatic heterocycles. The Morgan fingerprint density at radius 3 is 2.65 bits per heavy atom. The van der Waals surface area contributed by atoms with Crippen LogP contribution in [-0.4, -0.2) is 42.1 Å². The lowest BCUT2D eigenvalue weighted by molar-refractivity contribution is -0.126. The molecule has 4 nitrogen and oxygen atoms in total. The summed E-state index contributed by atoms with van der Waals surface area (Å²) in [7, 11) is 0. The number of morpholine rings is 1. The van der Waals surface area contributed by atoms with Crippen LogP contribution in [-0.2, 0) is 9.53 Å². The molecule has 1 aliphatic rings. The van der Waals surface area contributed by atoms with E-state index in [2.05, 4.69) is 10.2 Å². The molecule has 1 fully saturated rings. The van der Waals surface area contributed by atoms with Gasteiger partial charge in [0.15, 0.2) is 0 Å². The predicted octanol–water partition coefficient (Wildman–Crippen LogP) is 2.78. The number of nitrogens with one attached hydrogen (secondary N) is 1. The molecule has 1 saturated heterocycles. The third-order valence-electron chi connectivity index (χ3n) is 3.47. The van der Waals surface area contributed by atoms with Crippen LogP contribution in [0.4, 0.5) is 5.69 Å². The number of halogens is 1. The van der Waals surface area contributed by atoms with Gasteiger partial charge in [0.05, 0.1) is 18.2 Å². The maximum atomic E-state index is 12.3. The number of carbonyl (C=O) groups excluding carboxylic acids is 1. The van der Waals surface area contributed by atoms with Crippen LogP contribution >= 0.6 is 11.6 Å². The second-order valence-electron chi connectivity index (χ2n) is 5.39. The van der Waals surface area contributed by atoms with E-state index in [1.807, 2.05) is 32.9 Å². The summed E-state index contributed by atoms with van der Waals surface area (Å²) in [5, 5.41) is 3.52. The standard InChI is InChI=1S/C15H21ClN2O2/c1-10-8-18(9-11(2)20-10)12(3)15(19)17-14-6-4-5-13(16)7-14/h4-7,10-12H,8-9H2,1-3H3,(H,17,19)/t10-,11-,12-/m0/s1. The Labute approximate surface area is 125 Å². The molecule has 1 amide bonds. The molecular weight excluding hydrogens is 276 g/mol. The van der Waals surface area contributed by atoms with Crippen molar-refractivity contribution in [2.75, 3.05) is 18.4 Å². The van der Waals surface area contributed by atoms with Crippen molar-refractivity contribution in [1.29, 1.82) is 0 Å². The lowest BCUT2D eigenvalue weighted by Crippen LogP contribution is -2.52. The predicted molar refractivity (Wildman–Crippen MR) is 81.1 cm³/mol. The number of ether oxygens (including phenoxy) is 1. The molecule has 0 unspecified atom stereocenters. The largest absolute Gasteiger partial charge is 0.373 e. The lowest BCUT2D eigenvalue weighted by Gasteiger charge is -2.38. The fraction of sp³-hybridized carbons (Fsp3) is 0.533. The molecule has 0 aliphatic carbocycles. The quantitative estimate of drug-likeness (QED) is 0.932. The van der Waals surface area contributed by atoms with Gasteiger partial charge in [0.1, 0.15) is 0 Å². The fourth-order valence-corrected chi connectivity index (χ4v) is 2.70. The van der Waals surface area contributed by atoms with Gasteiger partial charge in [-0.15, -0.1) is 0 Å². The second kappa shape index (κ2) is 6.57. The van der Waals surface area contributed by atoms with E-state index in [1.54, 1.807) is 12.1 Å². The minimum absolute atomic E-state index is 0.0198. The molecule has 2 rings (SSSR count). The smallest absolute Gasteiger partial charge is 0.241 e. The monoisotopic (exact) mass is 296 g/mol. The Bertz CT molecular complexity index is 471. The van der Waals surface area contributed by atoms with Gasteiger partial charge >= 0.3 is 0 Å². The van der Waals surface area contributed by atoms with Gasteiger partial charge in [-0.1, -0.05) is 17.7 Å². The van der Waals surface area contributed by atoms with Crippen molar-refractivity contribution in [2.24, 2.45) is 0 Å². The van der Waals surface area contributed by atoms with Crippen LogP contribution in [0.5, 0.6) is 0 Å². The molecule has 0 radical (unpaired) electrons. The summed E-state index contributed by atoms with van der Waals surface area (Å²) in [4.78, 5) is 14.5. The summed E-state index contributed by atoms with van der Waals surface area (Å²) in [5.41, 5.74) is 0.726. The zero-order valence-electron chi connectivity index (χ0n) is 12.1. The molecule has 1 aromatic carbocycles. The fourth-order valence-electron chi connectivity index (χ4n) is 2.51. The third-order valence-corrected chi connectivity index (χ3v) is 3.70. The van der Waals surface area contributed by atoms with Crippen molar-refractivity contribution < 1.29 is 9.53 Å². The van der Waals surface area contributed by atoms with Crippen molar-refractivity contribution in [3.05, 3.63) is 29.3 Å². The Hall–Kier alpha value is -1.10. The number of carbonyl (C=O) groups is 1. The summed E-state index contributed by atoms with van der Waals surface area (Å²) in [6, 6.07) is 6.99. The van der Waals surface area contributed by atoms with E-state index < -0.39 is 0 Å². The maximum Gasteiger partial charge on any atom is 0.241 e. The summed E-state index contributed by atoms with van der Waals surface area (Å²) in [6.45, 7) is 7.53. The van der Waals surface area contributed by atoms with E-state index >= 15 is 0 Å². The number of anilines is 1. The number of hydrogen-bond acceptors (Lipinski definition) is 3. The number of amides is 1. The van der Waals surface area contributed by atoms with Gasteiger partial charge < -0.3 is 10.1 Å². The Morgan fingerprint density at radius 2 is 2.05 bits per heavy atom. The first-order valence-corrected chi connectivity index (χ1v) is 7.29. The summed E-state index contributed by atoms with van der Waals surface area (Å²) in [6.07, 6.45) is 0.306. The van der Waals surface area contributed by atoms with Crippen molar-refractivity contribution in [1.82, 2.24) is 4.90 Å². The average molecular weight is 297 g/mol. The Morgan fingerprint density at radius 1 is 1.40 bits per heavy atom. The minimum atomic E-state index is -0.192. The third kappa shape index (κ3) is 3.95. The van der Waals surface area contributed by atoms with Crippen molar-refractivity contribution in [3.8, 4) is 0 Å². The van der Waals surface area contributed by atoms with Crippen LogP contribution in [0.3, 0.4) is 0 Å². The normalized spacial score (nSPS) is 25.2. The molecule has 1 aromatic rings. The SMILES string of the molecule is C[C@H]1CN([C@@H](C)C(=O)Nc2cccc(Cl)c2)C[C@H](C)O1. The molecule has 1 heterocycles. The molecule has 0 aromatic heterocycles. The molecule has 3 atom stereocenters. The zero-order valence-corrected chi connectivity index (χ0v) is 12.9. The number of benzene rings is 1. The van der Waals surface area contributed by atoms with Crippen molar-refractivity contribution in [2.45, 2.75) is 39.0 Å². The Kier molecular flexibility index (Phi) is 5.02. The van der Waals surface area contributed by atoms with Gasteiger partial charge in [-0.2, -0.15) is 0 Å². The first kappa shape index (κ1) is 15.3. The number of nitrogens with zero attached hydrogens (tertiary/aromatic N) is 1. The van der Waals surface area contributed by atoms with Crippen LogP contribution in [0, 0.1) is 0 Å². The molecule has 1 N–H and O–H groups in total. The van der Waals surface area contributed by atoms with Gasteiger partial charge in [0, 0.05) is 23.8 Å². The van der Waals surface area contributed by atoms with Crippen LogP contribution in [0.15, 0.2) is 24.3 Å². The molecular formula is C15H21ClN2O2.